The molecule has 1 saturated carbocycles. The molecule has 3 aromatic rings. The molecule has 0 N–H and O–H groups in total. The molecule has 0 amide bonds. The van der Waals surface area contributed by atoms with E-state index in [9.17, 15) is 4.79 Å². The summed E-state index contributed by atoms with van der Waals surface area (Å²) in [5.41, 5.74) is 7.33. The third-order valence-corrected chi connectivity index (χ3v) is 7.05. The van der Waals surface area contributed by atoms with Gasteiger partial charge in [-0.2, -0.15) is 0 Å². The van der Waals surface area contributed by atoms with E-state index < -0.39 is 0 Å². The van der Waals surface area contributed by atoms with Crippen molar-refractivity contribution in [2.24, 2.45) is 0 Å². The van der Waals surface area contributed by atoms with Gasteiger partial charge in [0.05, 0.1) is 11.1 Å². The Morgan fingerprint density at radius 3 is 2.59 bits per heavy atom. The van der Waals surface area contributed by atoms with Crippen molar-refractivity contribution in [2.45, 2.75) is 37.1 Å². The smallest absolute Gasteiger partial charge is 0.357 e. The molecule has 6 rings (SSSR count). The number of aryl methyl sites for hydroxylation is 1. The van der Waals surface area contributed by atoms with Gasteiger partial charge in [-0.1, -0.05) is 66.2 Å². The summed E-state index contributed by atoms with van der Waals surface area (Å²) < 4.78 is 0. The molecule has 144 valence electrons. The van der Waals surface area contributed by atoms with Crippen LogP contribution in [0, 0.1) is 6.92 Å². The summed E-state index contributed by atoms with van der Waals surface area (Å²) in [6, 6.07) is 24.9. The van der Waals surface area contributed by atoms with Crippen LogP contribution in [0.5, 0.6) is 0 Å². The number of fused-ring (bicyclic) bond motifs is 3. The molecule has 0 radical (unpaired) electrons. The molecule has 3 aliphatic rings. The fourth-order valence-electron chi connectivity index (χ4n) is 5.67. The average molecular weight is 381 g/mol. The maximum Gasteiger partial charge on any atom is 0.357 e. The predicted molar refractivity (Wildman–Crippen MR) is 113 cm³/mol. The highest BCUT2D eigenvalue weighted by Crippen LogP contribution is 2.72. The van der Waals surface area contributed by atoms with Gasteiger partial charge in [-0.15, -0.1) is 5.06 Å². The molecule has 2 aliphatic carbocycles. The molecule has 1 spiro atoms. The second kappa shape index (κ2) is 6.04. The molecule has 2 fully saturated rings. The van der Waals surface area contributed by atoms with E-state index in [1.54, 1.807) is 0 Å². The van der Waals surface area contributed by atoms with E-state index in [0.29, 0.717) is 17.4 Å². The summed E-state index contributed by atoms with van der Waals surface area (Å²) >= 11 is 0. The van der Waals surface area contributed by atoms with Crippen molar-refractivity contribution in [3.63, 3.8) is 0 Å². The van der Waals surface area contributed by atoms with Crippen LogP contribution in [0.15, 0.2) is 72.8 Å². The van der Waals surface area contributed by atoms with E-state index in [1.807, 2.05) is 35.4 Å². The zero-order valence-electron chi connectivity index (χ0n) is 16.5. The van der Waals surface area contributed by atoms with Crippen molar-refractivity contribution >= 4 is 5.97 Å². The zero-order valence-corrected chi connectivity index (χ0v) is 16.5. The maximum atomic E-state index is 12.6. The number of carbonyl (C=O) groups is 1. The summed E-state index contributed by atoms with van der Waals surface area (Å²) in [5, 5.41) is 2.00. The highest BCUT2D eigenvalue weighted by atomic mass is 16.7. The van der Waals surface area contributed by atoms with Gasteiger partial charge in [0.2, 0.25) is 0 Å². The van der Waals surface area contributed by atoms with Crippen molar-refractivity contribution in [1.29, 1.82) is 0 Å². The number of rotatable bonds is 3. The lowest BCUT2D eigenvalue weighted by atomic mass is 9.91. The van der Waals surface area contributed by atoms with Crippen molar-refractivity contribution in [1.82, 2.24) is 5.06 Å². The van der Waals surface area contributed by atoms with Gasteiger partial charge in [-0.3, -0.25) is 0 Å². The van der Waals surface area contributed by atoms with Crippen LogP contribution in [0.1, 0.15) is 51.7 Å². The van der Waals surface area contributed by atoms with E-state index >= 15 is 0 Å². The largest absolute Gasteiger partial charge is 0.363 e. The topological polar surface area (TPSA) is 29.5 Å². The van der Waals surface area contributed by atoms with Crippen LogP contribution in [-0.4, -0.2) is 23.1 Å². The Morgan fingerprint density at radius 2 is 1.76 bits per heavy atom. The van der Waals surface area contributed by atoms with E-state index in [-0.39, 0.29) is 11.5 Å². The molecule has 3 heteroatoms. The second-order valence-electron chi connectivity index (χ2n) is 8.65. The minimum atomic E-state index is -0.248. The summed E-state index contributed by atoms with van der Waals surface area (Å²) in [6.45, 7) is 2.95. The van der Waals surface area contributed by atoms with Crippen LogP contribution in [0.4, 0.5) is 0 Å². The highest BCUT2D eigenvalue weighted by molar-refractivity contribution is 5.89. The van der Waals surface area contributed by atoms with Crippen LogP contribution in [-0.2, 0) is 4.84 Å². The van der Waals surface area contributed by atoms with E-state index in [1.165, 1.54) is 27.8 Å². The van der Waals surface area contributed by atoms with E-state index in [4.69, 9.17) is 4.84 Å². The number of hydrogen-bond donors (Lipinski definition) is 0. The highest BCUT2D eigenvalue weighted by Gasteiger charge is 2.72. The van der Waals surface area contributed by atoms with Crippen molar-refractivity contribution in [3.8, 4) is 11.1 Å². The Bertz CT molecular complexity index is 1120. The van der Waals surface area contributed by atoms with Crippen molar-refractivity contribution < 1.29 is 9.63 Å². The van der Waals surface area contributed by atoms with Gasteiger partial charge in [0.15, 0.2) is 0 Å². The van der Waals surface area contributed by atoms with Gasteiger partial charge in [-0.05, 0) is 54.2 Å². The SMILES string of the molecule is Cc1cccc(-c2ccc3c(c2)[C@H]2CC24C3CCN4OC(=O)c2ccccc2)c1. The Kier molecular flexibility index (Phi) is 3.54. The number of hydrogen-bond acceptors (Lipinski definition) is 3. The minimum Gasteiger partial charge on any atom is -0.363 e. The van der Waals surface area contributed by atoms with Gasteiger partial charge in [-0.25, -0.2) is 4.79 Å². The molecule has 1 aliphatic heterocycles. The van der Waals surface area contributed by atoms with Crippen LogP contribution in [0.25, 0.3) is 11.1 Å². The van der Waals surface area contributed by atoms with Gasteiger partial charge in [0, 0.05) is 18.4 Å². The predicted octanol–water partition coefficient (Wildman–Crippen LogP) is 5.46. The number of hydroxylamine groups is 2. The van der Waals surface area contributed by atoms with Crippen LogP contribution in [0.3, 0.4) is 0 Å². The molecule has 1 heterocycles. The summed E-state index contributed by atoms with van der Waals surface area (Å²) in [7, 11) is 0. The van der Waals surface area contributed by atoms with Gasteiger partial charge in [0.1, 0.15) is 0 Å². The first-order valence-corrected chi connectivity index (χ1v) is 10.4. The summed E-state index contributed by atoms with van der Waals surface area (Å²) in [4.78, 5) is 18.5. The zero-order chi connectivity index (χ0) is 19.6. The number of nitrogens with zero attached hydrogens (tertiary/aromatic N) is 1. The van der Waals surface area contributed by atoms with E-state index in [0.717, 1.165) is 19.4 Å². The fraction of sp³-hybridized carbons (Fsp3) is 0.269. The summed E-state index contributed by atoms with van der Waals surface area (Å²) in [6.07, 6.45) is 2.14. The lowest BCUT2D eigenvalue weighted by Crippen LogP contribution is -2.36. The van der Waals surface area contributed by atoms with Gasteiger partial charge < -0.3 is 4.84 Å². The quantitative estimate of drug-likeness (QED) is 0.603. The Balaban J connectivity index is 1.30. The molecular weight excluding hydrogens is 358 g/mol. The molecule has 0 bridgehead atoms. The number of carbonyl (C=O) groups excluding carboxylic acids is 1. The van der Waals surface area contributed by atoms with Crippen LogP contribution < -0.4 is 0 Å². The molecule has 3 atom stereocenters. The third kappa shape index (κ3) is 2.44. The summed E-state index contributed by atoms with van der Waals surface area (Å²) in [5.74, 6) is 0.693. The fourth-order valence-corrected chi connectivity index (χ4v) is 5.67. The van der Waals surface area contributed by atoms with Crippen LogP contribution in [0.2, 0.25) is 0 Å². The maximum absolute atomic E-state index is 12.6. The Hall–Kier alpha value is -2.91. The molecule has 1 saturated heterocycles. The lowest BCUT2D eigenvalue weighted by Gasteiger charge is -2.25. The average Bonchev–Trinajstić information content (AvgIpc) is 3.30. The first-order valence-electron chi connectivity index (χ1n) is 10.4. The van der Waals surface area contributed by atoms with Gasteiger partial charge in [0.25, 0.3) is 0 Å². The molecule has 2 unspecified atom stereocenters. The second-order valence-corrected chi connectivity index (χ2v) is 8.65. The standard InChI is InChI=1S/C26H23NO2/c1-17-6-5-9-19(14-17)20-10-11-21-22(15-20)24-16-26(24)23(21)12-13-27(26)29-25(28)18-7-3-2-4-8-18/h2-11,14-15,23-24H,12-13,16H2,1H3/t23?,24-,26?/m1/s1. The van der Waals surface area contributed by atoms with Crippen molar-refractivity contribution in [3.05, 3.63) is 95.1 Å². The Morgan fingerprint density at radius 1 is 0.931 bits per heavy atom. The lowest BCUT2D eigenvalue weighted by molar-refractivity contribution is -0.129. The number of benzene rings is 3. The van der Waals surface area contributed by atoms with Gasteiger partial charge >= 0.3 is 5.97 Å². The molecular formula is C26H23NO2. The first kappa shape index (κ1) is 17.0. The molecule has 29 heavy (non-hydrogen) atoms. The minimum absolute atomic E-state index is 0.0159. The van der Waals surface area contributed by atoms with Crippen molar-refractivity contribution in [2.75, 3.05) is 6.54 Å². The Labute approximate surface area is 170 Å². The first-order chi connectivity index (χ1) is 14.2. The molecule has 3 nitrogen and oxygen atoms in total. The monoisotopic (exact) mass is 381 g/mol. The van der Waals surface area contributed by atoms with Crippen LogP contribution >= 0.6 is 0 Å². The third-order valence-electron chi connectivity index (χ3n) is 7.05. The molecule has 0 aromatic heterocycles. The molecule has 3 aromatic carbocycles. The normalized spacial score (nSPS) is 26.5. The van der Waals surface area contributed by atoms with E-state index in [2.05, 4.69) is 49.4 Å².